The average molecular weight is 403 g/mol. The maximum absolute atomic E-state index is 12.1. The van der Waals surface area contributed by atoms with Gasteiger partial charge in [-0.3, -0.25) is 0 Å². The summed E-state index contributed by atoms with van der Waals surface area (Å²) < 4.78 is 5.52. The molecule has 2 nitrogen and oxygen atoms in total. The summed E-state index contributed by atoms with van der Waals surface area (Å²) in [5, 5.41) is 5.42. The first-order valence-electron chi connectivity index (χ1n) is 9.00. The Balaban J connectivity index is 1.31. The molecule has 0 amide bonds. The average Bonchev–Trinajstić information content (AvgIpc) is 3.07. The molecule has 0 aliphatic heterocycles. The Labute approximate surface area is 173 Å². The van der Waals surface area contributed by atoms with E-state index in [0.29, 0.717) is 6.61 Å². The molecular formula is C24H18O2S2. The Kier molecular flexibility index (Phi) is 6.06. The van der Waals surface area contributed by atoms with Gasteiger partial charge in [-0.25, -0.2) is 4.79 Å². The quantitative estimate of drug-likeness (QED) is 0.366. The maximum Gasteiger partial charge on any atom is 0.380 e. The highest BCUT2D eigenvalue weighted by Gasteiger charge is 2.28. The Hall–Kier alpha value is -2.61. The minimum atomic E-state index is -0.352. The van der Waals surface area contributed by atoms with Gasteiger partial charge in [-0.15, -0.1) is 0 Å². The largest absolute Gasteiger partial charge is 0.456 e. The number of rotatable bonds is 4. The van der Waals surface area contributed by atoms with Crippen molar-refractivity contribution in [2.24, 2.45) is 0 Å². The van der Waals surface area contributed by atoms with Crippen molar-refractivity contribution in [3.63, 3.8) is 0 Å². The van der Waals surface area contributed by atoms with E-state index in [2.05, 4.69) is 46.9 Å². The van der Waals surface area contributed by atoms with Crippen molar-refractivity contribution in [2.75, 3.05) is 6.61 Å². The molecule has 1 aliphatic rings. The van der Waals surface area contributed by atoms with E-state index in [0.717, 1.165) is 17.5 Å². The molecule has 138 valence electrons. The Morgan fingerprint density at radius 1 is 0.821 bits per heavy atom. The normalized spacial score (nSPS) is 11.9. The lowest BCUT2D eigenvalue weighted by Crippen LogP contribution is -2.09. The molecule has 0 unspecified atom stereocenters. The number of ether oxygens (including phenoxy) is 1. The monoisotopic (exact) mass is 402 g/mol. The van der Waals surface area contributed by atoms with Gasteiger partial charge in [0.05, 0.1) is 0 Å². The van der Waals surface area contributed by atoms with Crippen molar-refractivity contribution in [3.8, 4) is 21.6 Å². The number of hydrogen-bond donors (Lipinski definition) is 0. The van der Waals surface area contributed by atoms with Crippen LogP contribution in [0.2, 0.25) is 0 Å². The van der Waals surface area contributed by atoms with Crippen molar-refractivity contribution >= 4 is 28.8 Å². The van der Waals surface area contributed by atoms with Gasteiger partial charge in [-0.05, 0) is 38.3 Å². The highest BCUT2D eigenvalue weighted by molar-refractivity contribution is 8.17. The molecule has 0 aromatic heterocycles. The number of thioether (sulfide) groups is 2. The summed E-state index contributed by atoms with van der Waals surface area (Å²) in [6.45, 7) is 0.332. The zero-order valence-electron chi connectivity index (χ0n) is 15.1. The first-order valence-corrected chi connectivity index (χ1v) is 10.8. The van der Waals surface area contributed by atoms with Crippen LogP contribution >= 0.6 is 23.5 Å². The van der Waals surface area contributed by atoms with Crippen molar-refractivity contribution < 1.29 is 9.53 Å². The second-order valence-electron chi connectivity index (χ2n) is 6.37. The van der Waals surface area contributed by atoms with Crippen molar-refractivity contribution in [2.45, 2.75) is 11.7 Å². The van der Waals surface area contributed by atoms with Crippen LogP contribution in [0.3, 0.4) is 0 Å². The molecule has 0 atom stereocenters. The Bertz CT molecular complexity index is 989. The lowest BCUT2D eigenvalue weighted by Gasteiger charge is -2.13. The first-order chi connectivity index (χ1) is 13.8. The van der Waals surface area contributed by atoms with Gasteiger partial charge < -0.3 is 4.74 Å². The summed E-state index contributed by atoms with van der Waals surface area (Å²) >= 11 is 2.40. The zero-order chi connectivity index (χ0) is 19.2. The molecule has 0 bridgehead atoms. The van der Waals surface area contributed by atoms with Crippen LogP contribution in [0.25, 0.3) is 11.1 Å². The van der Waals surface area contributed by atoms with Crippen molar-refractivity contribution in [1.82, 2.24) is 0 Å². The maximum atomic E-state index is 12.1. The third-order valence-corrected chi connectivity index (χ3v) is 6.00. The van der Waals surface area contributed by atoms with Gasteiger partial charge in [0, 0.05) is 23.4 Å². The summed E-state index contributed by atoms with van der Waals surface area (Å²) in [6.07, 6.45) is 0. The molecule has 3 aromatic rings. The molecule has 0 N–H and O–H groups in total. The zero-order valence-corrected chi connectivity index (χ0v) is 16.8. The fourth-order valence-electron chi connectivity index (χ4n) is 3.41. The fourth-order valence-corrected chi connectivity index (χ4v) is 4.45. The molecule has 0 spiro atoms. The molecule has 1 aliphatic carbocycles. The van der Waals surface area contributed by atoms with Crippen LogP contribution in [0.1, 0.15) is 22.6 Å². The second kappa shape index (κ2) is 9.05. The third kappa shape index (κ3) is 4.27. The number of carbonyl (C=O) groups excluding carboxylic acids is 1. The summed E-state index contributed by atoms with van der Waals surface area (Å²) in [6, 6.07) is 26.8. The smallest absolute Gasteiger partial charge is 0.380 e. The predicted molar refractivity (Wildman–Crippen MR) is 118 cm³/mol. The van der Waals surface area contributed by atoms with E-state index >= 15 is 0 Å². The van der Waals surface area contributed by atoms with E-state index in [1.807, 2.05) is 42.5 Å². The second-order valence-corrected chi connectivity index (χ2v) is 7.89. The Morgan fingerprint density at radius 3 is 2.11 bits per heavy atom. The van der Waals surface area contributed by atoms with E-state index in [1.54, 1.807) is 0 Å². The number of fused-ring (bicyclic) bond motifs is 3. The van der Waals surface area contributed by atoms with E-state index in [9.17, 15) is 4.79 Å². The SMILES string of the molecule is O=C(OCC1c2ccccc2-c2ccccc21)SC#CSCc1ccccc1. The van der Waals surface area contributed by atoms with Crippen LogP contribution in [0, 0.1) is 10.5 Å². The van der Waals surface area contributed by atoms with Crippen molar-refractivity contribution in [1.29, 1.82) is 0 Å². The lowest BCUT2D eigenvalue weighted by atomic mass is 9.98. The molecule has 4 rings (SSSR count). The number of carbonyl (C=O) groups is 1. The first kappa shape index (κ1) is 18.7. The van der Waals surface area contributed by atoms with Gasteiger partial charge >= 0.3 is 5.30 Å². The molecule has 4 heteroatoms. The van der Waals surface area contributed by atoms with E-state index < -0.39 is 0 Å². The van der Waals surface area contributed by atoms with Gasteiger partial charge in [0.25, 0.3) is 0 Å². The van der Waals surface area contributed by atoms with E-state index in [-0.39, 0.29) is 11.2 Å². The highest BCUT2D eigenvalue weighted by atomic mass is 32.2. The molecule has 0 saturated heterocycles. The van der Waals surface area contributed by atoms with Crippen LogP contribution < -0.4 is 0 Å². The Morgan fingerprint density at radius 2 is 1.43 bits per heavy atom. The van der Waals surface area contributed by atoms with Crippen molar-refractivity contribution in [3.05, 3.63) is 95.6 Å². The van der Waals surface area contributed by atoms with Gasteiger partial charge in [-0.2, -0.15) is 0 Å². The van der Waals surface area contributed by atoms with Crippen LogP contribution in [-0.4, -0.2) is 11.9 Å². The molecule has 0 radical (unpaired) electrons. The van der Waals surface area contributed by atoms with Crippen LogP contribution in [-0.2, 0) is 10.5 Å². The van der Waals surface area contributed by atoms with Gasteiger partial charge in [-0.1, -0.05) is 90.6 Å². The van der Waals surface area contributed by atoms with E-state index in [1.165, 1.54) is 39.6 Å². The van der Waals surface area contributed by atoms with Gasteiger partial charge in [0.1, 0.15) is 6.61 Å². The molecular weight excluding hydrogens is 384 g/mol. The minimum Gasteiger partial charge on any atom is -0.456 e. The summed E-state index contributed by atoms with van der Waals surface area (Å²) in [5.41, 5.74) is 6.10. The molecule has 0 saturated carbocycles. The molecule has 3 aromatic carbocycles. The molecule has 0 heterocycles. The van der Waals surface area contributed by atoms with Gasteiger partial charge in [0.15, 0.2) is 0 Å². The molecule has 0 fully saturated rings. The number of benzene rings is 3. The minimum absolute atomic E-state index is 0.0809. The van der Waals surface area contributed by atoms with Crippen LogP contribution in [0.15, 0.2) is 78.9 Å². The summed E-state index contributed by atoms with van der Waals surface area (Å²) in [4.78, 5) is 12.1. The highest BCUT2D eigenvalue weighted by Crippen LogP contribution is 2.44. The number of hydrogen-bond acceptors (Lipinski definition) is 4. The van der Waals surface area contributed by atoms with Gasteiger partial charge in [0.2, 0.25) is 0 Å². The van der Waals surface area contributed by atoms with E-state index in [4.69, 9.17) is 4.74 Å². The lowest BCUT2D eigenvalue weighted by molar-refractivity contribution is 0.172. The van der Waals surface area contributed by atoms with Crippen LogP contribution in [0.4, 0.5) is 4.79 Å². The summed E-state index contributed by atoms with van der Waals surface area (Å²) in [5.74, 6) is 0.886. The third-order valence-electron chi connectivity index (χ3n) is 4.66. The predicted octanol–water partition coefficient (Wildman–Crippen LogP) is 6.52. The topological polar surface area (TPSA) is 26.3 Å². The standard InChI is InChI=1S/C24H18O2S2/c25-24(28-15-14-27-17-18-8-2-1-3-9-18)26-16-23-21-12-6-4-10-19(21)20-11-5-7-13-22(20)23/h1-13,23H,16-17H2. The fraction of sp³-hybridized carbons (Fsp3) is 0.125. The summed E-state index contributed by atoms with van der Waals surface area (Å²) in [7, 11) is 0. The van der Waals surface area contributed by atoms with Crippen LogP contribution in [0.5, 0.6) is 0 Å². The molecule has 28 heavy (non-hydrogen) atoms.